The Kier molecular flexibility index (Phi) is 4.68. The smallest absolute Gasteiger partial charge is 0.252 e. The monoisotopic (exact) mass is 367 g/mol. The lowest BCUT2D eigenvalue weighted by atomic mass is 9.79. The molecule has 2 aromatic heterocycles. The number of aliphatic hydroxyl groups is 1. The van der Waals surface area contributed by atoms with Gasteiger partial charge >= 0.3 is 0 Å². The number of benzene rings is 1. The molecule has 0 unspecified atom stereocenters. The molecule has 4 rings (SSSR count). The highest BCUT2D eigenvalue weighted by molar-refractivity contribution is 6.00. The molecular weight excluding hydrogens is 346 g/mol. The van der Waals surface area contributed by atoms with Crippen LogP contribution in [-0.2, 0) is 13.2 Å². The standard InChI is InChI=1S/C18H21N7O2/c1-2-25-15(9-26)22-24-17(25)11-7-12(8-11)21-18(27)14-6-4-3-5-13(14)16-19-10-20-23-16/h3-6,10-12,26H,2,7-9H2,1H3,(H,21,27)(H,19,20,23). The first-order valence-electron chi connectivity index (χ1n) is 8.99. The second-order valence-electron chi connectivity index (χ2n) is 6.60. The van der Waals surface area contributed by atoms with Gasteiger partial charge in [0, 0.05) is 24.1 Å². The number of hydrogen-bond acceptors (Lipinski definition) is 6. The predicted molar refractivity (Wildman–Crippen MR) is 96.7 cm³/mol. The highest BCUT2D eigenvalue weighted by Crippen LogP contribution is 2.36. The van der Waals surface area contributed by atoms with E-state index in [-0.39, 0.29) is 24.5 Å². The maximum atomic E-state index is 12.7. The van der Waals surface area contributed by atoms with Crippen molar-refractivity contribution in [2.75, 3.05) is 0 Å². The van der Waals surface area contributed by atoms with Gasteiger partial charge in [-0.1, -0.05) is 18.2 Å². The van der Waals surface area contributed by atoms with Crippen LogP contribution in [0.15, 0.2) is 30.6 Å². The summed E-state index contributed by atoms with van der Waals surface area (Å²) in [5.41, 5.74) is 1.29. The molecule has 0 aliphatic heterocycles. The molecule has 1 aliphatic rings. The molecule has 0 saturated heterocycles. The van der Waals surface area contributed by atoms with Gasteiger partial charge in [-0.25, -0.2) is 4.98 Å². The molecule has 0 spiro atoms. The van der Waals surface area contributed by atoms with Gasteiger partial charge in [0.15, 0.2) is 11.6 Å². The summed E-state index contributed by atoms with van der Waals surface area (Å²) < 4.78 is 1.95. The third-order valence-corrected chi connectivity index (χ3v) is 4.99. The van der Waals surface area contributed by atoms with Crippen LogP contribution in [0.25, 0.3) is 11.4 Å². The molecule has 2 heterocycles. The number of nitrogens with zero attached hydrogens (tertiary/aromatic N) is 5. The summed E-state index contributed by atoms with van der Waals surface area (Å²) in [5.74, 6) is 2.15. The first kappa shape index (κ1) is 17.3. The van der Waals surface area contributed by atoms with E-state index in [4.69, 9.17) is 0 Å². The van der Waals surface area contributed by atoms with Crippen molar-refractivity contribution in [2.24, 2.45) is 0 Å². The molecule has 1 fully saturated rings. The molecule has 3 N–H and O–H groups in total. The Balaban J connectivity index is 1.43. The fourth-order valence-corrected chi connectivity index (χ4v) is 3.55. The molecule has 1 aromatic carbocycles. The number of hydrogen-bond donors (Lipinski definition) is 3. The number of H-pyrrole nitrogens is 1. The average Bonchev–Trinajstić information content (AvgIpc) is 3.33. The SMILES string of the molecule is CCn1c(CO)nnc1C1CC(NC(=O)c2ccccc2-c2ncn[nH]2)C1. The number of aromatic nitrogens is 6. The van der Waals surface area contributed by atoms with Gasteiger partial charge in [0.1, 0.15) is 18.8 Å². The summed E-state index contributed by atoms with van der Waals surface area (Å²) in [6.45, 7) is 2.60. The molecule has 140 valence electrons. The van der Waals surface area contributed by atoms with Crippen molar-refractivity contribution in [1.82, 2.24) is 35.3 Å². The molecular formula is C18H21N7O2. The lowest BCUT2D eigenvalue weighted by Gasteiger charge is -2.35. The summed E-state index contributed by atoms with van der Waals surface area (Å²) in [5, 5.41) is 27.3. The van der Waals surface area contributed by atoms with Crippen LogP contribution in [0.3, 0.4) is 0 Å². The van der Waals surface area contributed by atoms with Crippen molar-refractivity contribution in [3.05, 3.63) is 47.8 Å². The summed E-state index contributed by atoms with van der Waals surface area (Å²) >= 11 is 0. The van der Waals surface area contributed by atoms with Crippen molar-refractivity contribution < 1.29 is 9.90 Å². The van der Waals surface area contributed by atoms with Gasteiger partial charge in [-0.15, -0.1) is 10.2 Å². The molecule has 9 heteroatoms. The fraction of sp³-hybridized carbons (Fsp3) is 0.389. The quantitative estimate of drug-likeness (QED) is 0.603. The Labute approximate surface area is 155 Å². The van der Waals surface area contributed by atoms with Crippen molar-refractivity contribution in [3.8, 4) is 11.4 Å². The zero-order valence-electron chi connectivity index (χ0n) is 15.0. The summed E-state index contributed by atoms with van der Waals surface area (Å²) in [6, 6.07) is 7.41. The molecule has 9 nitrogen and oxygen atoms in total. The van der Waals surface area contributed by atoms with E-state index in [1.807, 2.05) is 29.7 Å². The minimum Gasteiger partial charge on any atom is -0.388 e. The Morgan fingerprint density at radius 1 is 1.33 bits per heavy atom. The van der Waals surface area contributed by atoms with Gasteiger partial charge in [-0.2, -0.15) is 5.10 Å². The van der Waals surface area contributed by atoms with E-state index in [1.54, 1.807) is 6.07 Å². The summed E-state index contributed by atoms with van der Waals surface area (Å²) in [4.78, 5) is 16.9. The zero-order valence-corrected chi connectivity index (χ0v) is 15.0. The minimum absolute atomic E-state index is 0.0878. The van der Waals surface area contributed by atoms with Gasteiger partial charge in [-0.05, 0) is 25.8 Å². The van der Waals surface area contributed by atoms with Crippen LogP contribution in [-0.4, -0.2) is 47.0 Å². The molecule has 0 atom stereocenters. The van der Waals surface area contributed by atoms with Crippen LogP contribution in [0.2, 0.25) is 0 Å². The van der Waals surface area contributed by atoms with Crippen LogP contribution in [0.1, 0.15) is 47.7 Å². The van der Waals surface area contributed by atoms with Gasteiger partial charge in [0.05, 0.1) is 5.56 Å². The van der Waals surface area contributed by atoms with Crippen molar-refractivity contribution in [3.63, 3.8) is 0 Å². The number of amides is 1. The largest absolute Gasteiger partial charge is 0.388 e. The van der Waals surface area contributed by atoms with Gasteiger partial charge in [0.25, 0.3) is 5.91 Å². The van der Waals surface area contributed by atoms with Crippen LogP contribution in [0, 0.1) is 0 Å². The Bertz CT molecular complexity index is 929. The molecule has 0 radical (unpaired) electrons. The number of carbonyl (C=O) groups excluding carboxylic acids is 1. The molecule has 3 aromatic rings. The number of nitrogens with one attached hydrogen (secondary N) is 2. The van der Waals surface area contributed by atoms with E-state index in [0.29, 0.717) is 17.2 Å². The van der Waals surface area contributed by atoms with E-state index < -0.39 is 0 Å². The Hall–Kier alpha value is -3.07. The average molecular weight is 367 g/mol. The molecule has 27 heavy (non-hydrogen) atoms. The van der Waals surface area contributed by atoms with E-state index in [0.717, 1.165) is 30.8 Å². The maximum absolute atomic E-state index is 12.7. The third kappa shape index (κ3) is 3.21. The minimum atomic E-state index is -0.126. The zero-order chi connectivity index (χ0) is 18.8. The summed E-state index contributed by atoms with van der Waals surface area (Å²) in [6.07, 6.45) is 3.03. The normalized spacial score (nSPS) is 18.9. The van der Waals surface area contributed by atoms with Gasteiger partial charge in [0.2, 0.25) is 0 Å². The first-order chi connectivity index (χ1) is 13.2. The lowest BCUT2D eigenvalue weighted by Crippen LogP contribution is -2.44. The van der Waals surface area contributed by atoms with Gasteiger partial charge < -0.3 is 15.0 Å². The van der Waals surface area contributed by atoms with E-state index >= 15 is 0 Å². The number of aromatic amines is 1. The molecule has 1 aliphatic carbocycles. The van der Waals surface area contributed by atoms with E-state index in [2.05, 4.69) is 30.7 Å². The molecule has 1 saturated carbocycles. The van der Waals surface area contributed by atoms with E-state index in [1.165, 1.54) is 6.33 Å². The lowest BCUT2D eigenvalue weighted by molar-refractivity contribution is 0.0907. The highest BCUT2D eigenvalue weighted by atomic mass is 16.3. The van der Waals surface area contributed by atoms with E-state index in [9.17, 15) is 9.90 Å². The highest BCUT2D eigenvalue weighted by Gasteiger charge is 2.35. The van der Waals surface area contributed by atoms with Gasteiger partial charge in [-0.3, -0.25) is 9.89 Å². The van der Waals surface area contributed by atoms with Crippen molar-refractivity contribution in [2.45, 2.75) is 44.9 Å². The molecule has 0 bridgehead atoms. The topological polar surface area (TPSA) is 122 Å². The Morgan fingerprint density at radius 3 is 2.85 bits per heavy atom. The van der Waals surface area contributed by atoms with Crippen LogP contribution in [0.5, 0.6) is 0 Å². The fourth-order valence-electron chi connectivity index (χ4n) is 3.55. The second kappa shape index (κ2) is 7.28. The molecule has 1 amide bonds. The summed E-state index contributed by atoms with van der Waals surface area (Å²) in [7, 11) is 0. The number of aliphatic hydroxyl groups excluding tert-OH is 1. The number of rotatable bonds is 6. The van der Waals surface area contributed by atoms with Crippen LogP contribution < -0.4 is 5.32 Å². The van der Waals surface area contributed by atoms with Crippen molar-refractivity contribution in [1.29, 1.82) is 0 Å². The van der Waals surface area contributed by atoms with Crippen LogP contribution >= 0.6 is 0 Å². The third-order valence-electron chi connectivity index (χ3n) is 4.99. The Morgan fingerprint density at radius 2 is 2.15 bits per heavy atom. The maximum Gasteiger partial charge on any atom is 0.252 e. The second-order valence-corrected chi connectivity index (χ2v) is 6.60. The predicted octanol–water partition coefficient (Wildman–Crippen LogP) is 1.25. The van der Waals surface area contributed by atoms with Crippen molar-refractivity contribution >= 4 is 5.91 Å². The first-order valence-corrected chi connectivity index (χ1v) is 8.99. The van der Waals surface area contributed by atoms with Crippen LogP contribution in [0.4, 0.5) is 0 Å². The number of carbonyl (C=O) groups is 1.